The number of likely N-dealkylation sites (N-methyl/N-ethyl adjacent to an activating group) is 1. The lowest BCUT2D eigenvalue weighted by Gasteiger charge is -2.35. The molecule has 2 N–H and O–H groups in total. The van der Waals surface area contributed by atoms with E-state index < -0.39 is 0 Å². The first-order chi connectivity index (χ1) is 12.9. The van der Waals surface area contributed by atoms with Crippen LogP contribution in [0.5, 0.6) is 0 Å². The largest absolute Gasteiger partial charge is 0.367 e. The van der Waals surface area contributed by atoms with Gasteiger partial charge in [-0.15, -0.1) is 0 Å². The van der Waals surface area contributed by atoms with E-state index in [0.29, 0.717) is 24.7 Å². The highest BCUT2D eigenvalue weighted by atomic mass is 19.1. The predicted octanol–water partition coefficient (Wildman–Crippen LogP) is 1.99. The molecule has 6 nitrogen and oxygen atoms in total. The number of carbonyl (C=O) groups excluding carboxylic acids is 1. The third-order valence-corrected chi connectivity index (χ3v) is 4.38. The third-order valence-electron chi connectivity index (χ3n) is 4.38. The fraction of sp³-hybridized carbons (Fsp3) is 0.500. The topological polar surface area (TPSA) is 60.0 Å². The van der Waals surface area contributed by atoms with Crippen LogP contribution in [-0.2, 0) is 4.79 Å². The lowest BCUT2D eigenvalue weighted by molar-refractivity contribution is -0.127. The third kappa shape index (κ3) is 6.58. The summed E-state index contributed by atoms with van der Waals surface area (Å²) in [5.41, 5.74) is 1.60. The number of halogens is 1. The van der Waals surface area contributed by atoms with E-state index in [0.717, 1.165) is 25.0 Å². The Bertz CT molecular complexity index is 689. The van der Waals surface area contributed by atoms with Crippen molar-refractivity contribution in [3.63, 3.8) is 0 Å². The molecule has 0 radical (unpaired) electrons. The lowest BCUT2D eigenvalue weighted by atomic mass is 10.0. The van der Waals surface area contributed by atoms with E-state index in [-0.39, 0.29) is 24.3 Å². The molecular weight excluding hydrogens is 345 g/mol. The Labute approximate surface area is 161 Å². The van der Waals surface area contributed by atoms with Gasteiger partial charge in [0.25, 0.3) is 0 Å². The number of benzene rings is 1. The van der Waals surface area contributed by atoms with Crippen molar-refractivity contribution < 1.29 is 9.18 Å². The quantitative estimate of drug-likeness (QED) is 0.454. The number of hydrogen-bond acceptors (Lipinski definition) is 3. The van der Waals surface area contributed by atoms with Crippen LogP contribution in [0.4, 0.5) is 10.1 Å². The fourth-order valence-corrected chi connectivity index (χ4v) is 2.89. The molecule has 7 heteroatoms. The summed E-state index contributed by atoms with van der Waals surface area (Å²) in [5.74, 6) is 0.306. The highest BCUT2D eigenvalue weighted by Crippen LogP contribution is 2.22. The van der Waals surface area contributed by atoms with E-state index in [4.69, 9.17) is 0 Å². The fourth-order valence-electron chi connectivity index (χ4n) is 2.89. The Morgan fingerprint density at radius 3 is 2.81 bits per heavy atom. The Kier molecular flexibility index (Phi) is 7.64. The Balaban J connectivity index is 2.04. The molecule has 1 fully saturated rings. The number of amides is 1. The normalized spacial score (nSPS) is 17.4. The maximum Gasteiger partial charge on any atom is 0.243 e. The van der Waals surface area contributed by atoms with Gasteiger partial charge in [0.05, 0.1) is 5.69 Å². The Hall–Kier alpha value is -2.57. The summed E-state index contributed by atoms with van der Waals surface area (Å²) in [6.07, 6.45) is 1.91. The van der Waals surface area contributed by atoms with Gasteiger partial charge in [-0.25, -0.2) is 9.38 Å². The number of piperidine rings is 1. The molecule has 1 aromatic rings. The van der Waals surface area contributed by atoms with Gasteiger partial charge in [0.15, 0.2) is 5.96 Å². The molecule has 0 aliphatic carbocycles. The van der Waals surface area contributed by atoms with Crippen molar-refractivity contribution >= 4 is 17.6 Å². The van der Waals surface area contributed by atoms with Crippen LogP contribution < -0.4 is 15.5 Å². The van der Waals surface area contributed by atoms with Crippen molar-refractivity contribution in [1.29, 1.82) is 0 Å². The summed E-state index contributed by atoms with van der Waals surface area (Å²) in [4.78, 5) is 19.8. The Morgan fingerprint density at radius 1 is 1.41 bits per heavy atom. The van der Waals surface area contributed by atoms with E-state index in [1.54, 1.807) is 20.2 Å². The molecule has 27 heavy (non-hydrogen) atoms. The smallest absolute Gasteiger partial charge is 0.243 e. The van der Waals surface area contributed by atoms with Crippen LogP contribution in [0.15, 0.2) is 41.4 Å². The number of nitrogens with one attached hydrogen (secondary N) is 2. The van der Waals surface area contributed by atoms with Gasteiger partial charge in [-0.05, 0) is 31.9 Å². The van der Waals surface area contributed by atoms with E-state index in [2.05, 4.69) is 27.1 Å². The maximum atomic E-state index is 14.1. The highest BCUT2D eigenvalue weighted by Gasteiger charge is 2.22. The second-order valence-corrected chi connectivity index (χ2v) is 7.14. The van der Waals surface area contributed by atoms with Crippen molar-refractivity contribution in [2.45, 2.75) is 25.8 Å². The number of guanidine groups is 1. The highest BCUT2D eigenvalue weighted by molar-refractivity contribution is 5.85. The molecular formula is C20H30FN5O. The first kappa shape index (κ1) is 20.7. The standard InChI is InChI=1S/C20H30FN5O/c1-15(2)12-22-20(23-13-19(27)25(3)4)24-16-8-7-11-26(14-16)18-10-6-5-9-17(18)21/h5-6,9-10,16H,1,7-8,11-14H2,2-4H3,(H2,22,23,24). The molecule has 1 amide bonds. The predicted molar refractivity (Wildman–Crippen MR) is 109 cm³/mol. The van der Waals surface area contributed by atoms with Crippen molar-refractivity contribution in [3.8, 4) is 0 Å². The SMILES string of the molecule is C=C(C)CNC(=NCC(=O)N(C)C)NC1CCCN(c2ccccc2F)C1. The lowest BCUT2D eigenvalue weighted by Crippen LogP contribution is -2.51. The molecule has 1 aliphatic heterocycles. The van der Waals surface area contributed by atoms with Crippen LogP contribution in [0.25, 0.3) is 0 Å². The molecule has 148 valence electrons. The molecule has 1 saturated heterocycles. The zero-order chi connectivity index (χ0) is 19.8. The Morgan fingerprint density at radius 2 is 2.15 bits per heavy atom. The van der Waals surface area contributed by atoms with Gasteiger partial charge in [0, 0.05) is 39.8 Å². The molecule has 1 atom stereocenters. The first-order valence-corrected chi connectivity index (χ1v) is 9.25. The van der Waals surface area contributed by atoms with Crippen LogP contribution in [0.1, 0.15) is 19.8 Å². The van der Waals surface area contributed by atoms with E-state index in [1.165, 1.54) is 11.0 Å². The van der Waals surface area contributed by atoms with Gasteiger partial charge >= 0.3 is 0 Å². The molecule has 1 heterocycles. The van der Waals surface area contributed by atoms with Gasteiger partial charge in [0.2, 0.25) is 5.91 Å². The van der Waals surface area contributed by atoms with Gasteiger partial charge in [-0.1, -0.05) is 24.3 Å². The summed E-state index contributed by atoms with van der Waals surface area (Å²) in [5, 5.41) is 6.59. The van der Waals surface area contributed by atoms with Crippen LogP contribution in [0, 0.1) is 5.82 Å². The summed E-state index contributed by atoms with van der Waals surface area (Å²) < 4.78 is 14.1. The van der Waals surface area contributed by atoms with Crippen molar-refractivity contribution in [3.05, 3.63) is 42.2 Å². The van der Waals surface area contributed by atoms with Crippen LogP contribution >= 0.6 is 0 Å². The number of anilines is 1. The number of rotatable bonds is 6. The van der Waals surface area contributed by atoms with Gasteiger partial charge in [0.1, 0.15) is 12.4 Å². The average molecular weight is 375 g/mol. The maximum absolute atomic E-state index is 14.1. The molecule has 0 saturated carbocycles. The molecule has 1 aliphatic rings. The minimum atomic E-state index is -0.205. The van der Waals surface area contributed by atoms with Crippen LogP contribution in [0.2, 0.25) is 0 Å². The molecule has 0 spiro atoms. The van der Waals surface area contributed by atoms with E-state index >= 15 is 0 Å². The molecule has 0 bridgehead atoms. The van der Waals surface area contributed by atoms with E-state index in [9.17, 15) is 9.18 Å². The second kappa shape index (κ2) is 9.94. The van der Waals surface area contributed by atoms with Crippen molar-refractivity contribution in [2.75, 3.05) is 45.2 Å². The zero-order valence-electron chi connectivity index (χ0n) is 16.5. The summed E-state index contributed by atoms with van der Waals surface area (Å²) in [7, 11) is 3.42. The van der Waals surface area contributed by atoms with Crippen molar-refractivity contribution in [1.82, 2.24) is 15.5 Å². The average Bonchev–Trinajstić information content (AvgIpc) is 2.64. The minimum Gasteiger partial charge on any atom is -0.367 e. The summed E-state index contributed by atoms with van der Waals surface area (Å²) in [6, 6.07) is 6.96. The minimum absolute atomic E-state index is 0.0666. The number of para-hydroxylation sites is 1. The number of nitrogens with zero attached hydrogens (tertiary/aromatic N) is 3. The van der Waals surface area contributed by atoms with Gasteiger partial charge in [-0.2, -0.15) is 0 Å². The van der Waals surface area contributed by atoms with Gasteiger partial charge < -0.3 is 20.4 Å². The number of carbonyl (C=O) groups is 1. The van der Waals surface area contributed by atoms with Crippen LogP contribution in [0.3, 0.4) is 0 Å². The molecule has 0 aromatic heterocycles. The molecule has 1 aromatic carbocycles. The summed E-state index contributed by atoms with van der Waals surface area (Å²) in [6.45, 7) is 7.96. The second-order valence-electron chi connectivity index (χ2n) is 7.14. The number of aliphatic imine (C=N–C) groups is 1. The van der Waals surface area contributed by atoms with E-state index in [1.807, 2.05) is 19.1 Å². The monoisotopic (exact) mass is 375 g/mol. The first-order valence-electron chi connectivity index (χ1n) is 9.25. The molecule has 2 rings (SSSR count). The van der Waals surface area contributed by atoms with Gasteiger partial charge in [-0.3, -0.25) is 4.79 Å². The van der Waals surface area contributed by atoms with Crippen LogP contribution in [-0.4, -0.2) is 63.1 Å². The zero-order valence-corrected chi connectivity index (χ0v) is 16.5. The number of hydrogen-bond donors (Lipinski definition) is 2. The van der Waals surface area contributed by atoms with Crippen molar-refractivity contribution in [2.24, 2.45) is 4.99 Å². The molecule has 1 unspecified atom stereocenters. The summed E-state index contributed by atoms with van der Waals surface area (Å²) >= 11 is 0.